The molecule has 5 rings (SSSR count). The van der Waals surface area contributed by atoms with Crippen LogP contribution in [0.25, 0.3) is 22.2 Å². The number of pyridine rings is 1. The van der Waals surface area contributed by atoms with E-state index in [9.17, 15) is 14.0 Å². The highest BCUT2D eigenvalue weighted by Gasteiger charge is 2.24. The fraction of sp³-hybridized carbons (Fsp3) is 0.233. The molecule has 0 bridgehead atoms. The third-order valence-corrected chi connectivity index (χ3v) is 6.80. The zero-order valence-corrected chi connectivity index (χ0v) is 19.8. The first-order valence-corrected chi connectivity index (χ1v) is 12.3. The number of carboxylic acid groups (broad SMARTS) is 1. The summed E-state index contributed by atoms with van der Waals surface area (Å²) in [6.07, 6.45) is 3.85. The summed E-state index contributed by atoms with van der Waals surface area (Å²) in [6.45, 7) is 0. The molecule has 3 aromatic carbocycles. The van der Waals surface area contributed by atoms with E-state index in [0.717, 1.165) is 40.6 Å². The zero-order valence-electron chi connectivity index (χ0n) is 19.8. The van der Waals surface area contributed by atoms with Crippen molar-refractivity contribution in [1.82, 2.24) is 10.3 Å². The van der Waals surface area contributed by atoms with Crippen molar-refractivity contribution < 1.29 is 19.1 Å². The summed E-state index contributed by atoms with van der Waals surface area (Å²) >= 11 is 0. The zero-order chi connectivity index (χ0) is 25.1. The first kappa shape index (κ1) is 23.7. The van der Waals surface area contributed by atoms with Crippen LogP contribution in [0.2, 0.25) is 0 Å². The number of unbranched alkanes of at least 4 members (excludes halogenated alkanes) is 1. The number of rotatable bonds is 8. The maximum Gasteiger partial charge on any atom is 0.303 e. The van der Waals surface area contributed by atoms with Crippen LogP contribution in [0.5, 0.6) is 0 Å². The molecule has 0 fully saturated rings. The summed E-state index contributed by atoms with van der Waals surface area (Å²) in [5.41, 5.74) is 6.27. The predicted molar refractivity (Wildman–Crippen MR) is 137 cm³/mol. The second kappa shape index (κ2) is 10.3. The van der Waals surface area contributed by atoms with Gasteiger partial charge in [0.05, 0.1) is 17.3 Å². The van der Waals surface area contributed by atoms with Crippen molar-refractivity contribution >= 4 is 22.8 Å². The molecule has 0 saturated heterocycles. The minimum atomic E-state index is -0.814. The highest BCUT2D eigenvalue weighted by Crippen LogP contribution is 2.32. The normalized spacial score (nSPS) is 14.5. The maximum absolute atomic E-state index is 13.5. The number of aryl methyl sites for hydroxylation is 2. The average Bonchev–Trinajstić information content (AvgIpc) is 3.29. The number of amides is 1. The van der Waals surface area contributed by atoms with E-state index in [1.165, 1.54) is 23.3 Å². The molecule has 1 aliphatic rings. The molecular weight excluding hydrogens is 455 g/mol. The van der Waals surface area contributed by atoms with Crippen molar-refractivity contribution in [1.29, 1.82) is 0 Å². The lowest BCUT2D eigenvalue weighted by Crippen LogP contribution is -2.27. The standard InChI is InChI=1S/C30H27FN2O3/c31-24-13-9-20(10-14-24)29-21(6-2-4-8-28(34)35)17-23-18-22(12-15-26(23)32-29)30(36)33-27-16-11-19-5-1-3-7-25(19)27/h1,3,5,7,9-10,12-15,17-18,27H,2,4,6,8,11,16H2,(H,33,36)(H,34,35)/t27-/m0/s1. The number of aliphatic carboxylic acids is 1. The van der Waals surface area contributed by atoms with Gasteiger partial charge in [0.2, 0.25) is 0 Å². The Balaban J connectivity index is 1.43. The van der Waals surface area contributed by atoms with E-state index in [2.05, 4.69) is 17.4 Å². The Hall–Kier alpha value is -4.06. The Morgan fingerprint density at radius 2 is 1.81 bits per heavy atom. The van der Waals surface area contributed by atoms with Crippen LogP contribution in [-0.2, 0) is 17.6 Å². The molecule has 0 aliphatic heterocycles. The average molecular weight is 483 g/mol. The van der Waals surface area contributed by atoms with Crippen LogP contribution in [-0.4, -0.2) is 22.0 Å². The number of halogens is 1. The predicted octanol–water partition coefficient (Wildman–Crippen LogP) is 6.26. The Morgan fingerprint density at radius 3 is 2.61 bits per heavy atom. The SMILES string of the molecule is O=C(O)CCCCc1cc2cc(C(=O)N[C@H]3CCc4ccccc43)ccc2nc1-c1ccc(F)cc1. The highest BCUT2D eigenvalue weighted by atomic mass is 19.1. The molecule has 1 atom stereocenters. The van der Waals surface area contributed by atoms with E-state index in [0.29, 0.717) is 24.8 Å². The van der Waals surface area contributed by atoms with Gasteiger partial charge in [-0.2, -0.15) is 0 Å². The van der Waals surface area contributed by atoms with Crippen LogP contribution < -0.4 is 5.32 Å². The monoisotopic (exact) mass is 482 g/mol. The largest absolute Gasteiger partial charge is 0.481 e. The molecule has 0 saturated carbocycles. The van der Waals surface area contributed by atoms with Crippen molar-refractivity contribution in [2.24, 2.45) is 0 Å². The minimum absolute atomic E-state index is 0.00757. The number of fused-ring (bicyclic) bond motifs is 2. The molecule has 0 unspecified atom stereocenters. The van der Waals surface area contributed by atoms with Crippen molar-refractivity contribution in [3.63, 3.8) is 0 Å². The number of nitrogens with one attached hydrogen (secondary N) is 1. The van der Waals surface area contributed by atoms with Crippen LogP contribution in [0.4, 0.5) is 4.39 Å². The smallest absolute Gasteiger partial charge is 0.303 e. The van der Waals surface area contributed by atoms with E-state index in [1.807, 2.05) is 30.3 Å². The summed E-state index contributed by atoms with van der Waals surface area (Å²) in [5, 5.41) is 13.0. The van der Waals surface area contributed by atoms with Crippen molar-refractivity contribution in [3.8, 4) is 11.3 Å². The number of aromatic nitrogens is 1. The third-order valence-electron chi connectivity index (χ3n) is 6.80. The molecule has 4 aromatic rings. The summed E-state index contributed by atoms with van der Waals surface area (Å²) in [6, 6.07) is 21.9. The van der Waals surface area contributed by atoms with Gasteiger partial charge in [0.25, 0.3) is 5.91 Å². The van der Waals surface area contributed by atoms with Crippen LogP contribution in [0.15, 0.2) is 72.8 Å². The number of hydrogen-bond acceptors (Lipinski definition) is 3. The second-order valence-corrected chi connectivity index (χ2v) is 9.27. The van der Waals surface area contributed by atoms with Crippen molar-refractivity contribution in [3.05, 3.63) is 101 Å². The molecule has 1 aliphatic carbocycles. The van der Waals surface area contributed by atoms with Crippen LogP contribution in [0, 0.1) is 5.82 Å². The molecule has 2 N–H and O–H groups in total. The molecule has 0 spiro atoms. The molecule has 36 heavy (non-hydrogen) atoms. The summed E-state index contributed by atoms with van der Waals surface area (Å²) in [5.74, 6) is -1.25. The molecule has 5 nitrogen and oxygen atoms in total. The number of carbonyl (C=O) groups is 2. The minimum Gasteiger partial charge on any atom is -0.481 e. The number of carboxylic acids is 1. The first-order valence-electron chi connectivity index (χ1n) is 12.3. The Labute approximate surface area is 209 Å². The topological polar surface area (TPSA) is 79.3 Å². The fourth-order valence-corrected chi connectivity index (χ4v) is 4.95. The van der Waals surface area contributed by atoms with Gasteiger partial charge in [-0.25, -0.2) is 9.37 Å². The van der Waals surface area contributed by atoms with Crippen LogP contribution in [0.3, 0.4) is 0 Å². The summed E-state index contributed by atoms with van der Waals surface area (Å²) in [7, 11) is 0. The Kier molecular flexibility index (Phi) is 6.76. The van der Waals surface area contributed by atoms with E-state index in [-0.39, 0.29) is 24.2 Å². The van der Waals surface area contributed by atoms with Gasteiger partial charge in [-0.15, -0.1) is 0 Å². The lowest BCUT2D eigenvalue weighted by Gasteiger charge is -2.15. The van der Waals surface area contributed by atoms with E-state index < -0.39 is 5.97 Å². The van der Waals surface area contributed by atoms with Gasteiger partial charge >= 0.3 is 5.97 Å². The van der Waals surface area contributed by atoms with E-state index >= 15 is 0 Å². The number of benzene rings is 3. The van der Waals surface area contributed by atoms with Gasteiger partial charge in [-0.3, -0.25) is 9.59 Å². The van der Waals surface area contributed by atoms with E-state index in [1.54, 1.807) is 18.2 Å². The molecule has 6 heteroatoms. The number of carbonyl (C=O) groups excluding carboxylic acids is 1. The first-order chi connectivity index (χ1) is 17.5. The van der Waals surface area contributed by atoms with E-state index in [4.69, 9.17) is 10.1 Å². The van der Waals surface area contributed by atoms with Gasteiger partial charge in [0.15, 0.2) is 0 Å². The van der Waals surface area contributed by atoms with Gasteiger partial charge in [-0.1, -0.05) is 24.3 Å². The molecular formula is C30H27FN2O3. The lowest BCUT2D eigenvalue weighted by atomic mass is 9.98. The molecule has 1 aromatic heterocycles. The Morgan fingerprint density at radius 1 is 1.00 bits per heavy atom. The Bertz CT molecular complexity index is 1430. The molecule has 0 radical (unpaired) electrons. The highest BCUT2D eigenvalue weighted by molar-refractivity contribution is 5.98. The van der Waals surface area contributed by atoms with Crippen molar-refractivity contribution in [2.75, 3.05) is 0 Å². The quantitative estimate of drug-likeness (QED) is 0.291. The molecule has 182 valence electrons. The number of nitrogens with zero attached hydrogens (tertiary/aromatic N) is 1. The van der Waals surface area contributed by atoms with Gasteiger partial charge in [0, 0.05) is 22.9 Å². The van der Waals surface area contributed by atoms with Gasteiger partial charge < -0.3 is 10.4 Å². The third kappa shape index (κ3) is 5.13. The fourth-order valence-electron chi connectivity index (χ4n) is 4.95. The maximum atomic E-state index is 13.5. The van der Waals surface area contributed by atoms with Crippen molar-refractivity contribution in [2.45, 2.75) is 44.6 Å². The summed E-state index contributed by atoms with van der Waals surface area (Å²) < 4.78 is 13.5. The number of hydrogen-bond donors (Lipinski definition) is 2. The summed E-state index contributed by atoms with van der Waals surface area (Å²) in [4.78, 5) is 28.9. The molecule has 1 amide bonds. The van der Waals surface area contributed by atoms with Gasteiger partial charge in [-0.05, 0) is 97.3 Å². The lowest BCUT2D eigenvalue weighted by molar-refractivity contribution is -0.137. The van der Waals surface area contributed by atoms with Crippen LogP contribution >= 0.6 is 0 Å². The van der Waals surface area contributed by atoms with Gasteiger partial charge in [0.1, 0.15) is 5.82 Å². The second-order valence-electron chi connectivity index (χ2n) is 9.27. The van der Waals surface area contributed by atoms with Crippen LogP contribution in [0.1, 0.15) is 58.8 Å². The molecule has 1 heterocycles.